The Morgan fingerprint density at radius 3 is 2.26 bits per heavy atom. The molecule has 0 saturated carbocycles. The molecule has 0 aromatic heterocycles. The largest absolute Gasteiger partial charge is 0.207 e. The normalized spacial score (nSPS) is 12.5. The van der Waals surface area contributed by atoms with Gasteiger partial charge in [-0.05, 0) is 29.8 Å². The minimum absolute atomic E-state index is 0.0240. The molecule has 0 aliphatic rings. The average molecular weight is 414 g/mol. The van der Waals surface area contributed by atoms with E-state index in [9.17, 15) is 13.2 Å². The molecule has 2 aromatic rings. The van der Waals surface area contributed by atoms with E-state index in [1.807, 2.05) is 0 Å². The van der Waals surface area contributed by atoms with Gasteiger partial charge in [0.05, 0.1) is 4.83 Å². The van der Waals surface area contributed by atoms with Gasteiger partial charge in [-0.1, -0.05) is 49.5 Å². The summed E-state index contributed by atoms with van der Waals surface area (Å²) in [5.74, 6) is -2.55. The van der Waals surface area contributed by atoms with Gasteiger partial charge >= 0.3 is 0 Å². The Bertz CT molecular complexity index is 611. The Morgan fingerprint density at radius 1 is 1.00 bits per heavy atom. The standard InChI is InChI=1S/C13H6Br2ClF3/c14-7-2-1-3-9(17)12(7)13(15)6-4-10(18)11(19)5-8(6)16/h1-5,13H. The molecule has 0 fully saturated rings. The first-order valence-corrected chi connectivity index (χ1v) is 7.23. The van der Waals surface area contributed by atoms with Gasteiger partial charge in [0, 0.05) is 15.1 Å². The molecule has 0 saturated heterocycles. The summed E-state index contributed by atoms with van der Waals surface area (Å²) in [6, 6.07) is 6.29. The molecule has 1 atom stereocenters. The number of alkyl halides is 1. The predicted octanol–water partition coefficient (Wildman–Crippen LogP) is 6.00. The summed E-state index contributed by atoms with van der Waals surface area (Å²) in [6.45, 7) is 0. The monoisotopic (exact) mass is 412 g/mol. The number of hydrogen-bond acceptors (Lipinski definition) is 0. The van der Waals surface area contributed by atoms with Crippen molar-refractivity contribution in [3.63, 3.8) is 0 Å². The molecule has 0 radical (unpaired) electrons. The SMILES string of the molecule is Fc1cc(Cl)c(C(Br)c2c(F)cccc2Br)cc1F. The molecular weight excluding hydrogens is 408 g/mol. The first kappa shape index (κ1) is 14.9. The van der Waals surface area contributed by atoms with Gasteiger partial charge in [-0.2, -0.15) is 0 Å². The second-order valence-corrected chi connectivity index (χ2v) is 5.96. The van der Waals surface area contributed by atoms with E-state index in [2.05, 4.69) is 31.9 Å². The number of benzene rings is 2. The zero-order chi connectivity index (χ0) is 14.2. The van der Waals surface area contributed by atoms with Crippen LogP contribution in [0.4, 0.5) is 13.2 Å². The molecule has 0 amide bonds. The summed E-state index contributed by atoms with van der Waals surface area (Å²) >= 11 is 12.4. The lowest BCUT2D eigenvalue weighted by molar-refractivity contribution is 0.507. The Kier molecular flexibility index (Phi) is 4.58. The smallest absolute Gasteiger partial charge is 0.160 e. The van der Waals surface area contributed by atoms with E-state index >= 15 is 0 Å². The zero-order valence-electron chi connectivity index (χ0n) is 9.23. The second-order valence-electron chi connectivity index (χ2n) is 3.79. The van der Waals surface area contributed by atoms with Gasteiger partial charge in [-0.15, -0.1) is 0 Å². The van der Waals surface area contributed by atoms with Crippen molar-refractivity contribution in [2.75, 3.05) is 0 Å². The predicted molar refractivity (Wildman–Crippen MR) is 76.2 cm³/mol. The van der Waals surface area contributed by atoms with Crippen molar-refractivity contribution in [1.29, 1.82) is 0 Å². The van der Waals surface area contributed by atoms with Crippen LogP contribution in [0, 0.1) is 17.5 Å². The first-order valence-electron chi connectivity index (χ1n) is 5.14. The average Bonchev–Trinajstić information content (AvgIpc) is 2.33. The molecule has 6 heteroatoms. The van der Waals surface area contributed by atoms with E-state index in [4.69, 9.17) is 11.6 Å². The van der Waals surface area contributed by atoms with Crippen molar-refractivity contribution in [3.8, 4) is 0 Å². The second kappa shape index (κ2) is 5.85. The molecule has 0 N–H and O–H groups in total. The van der Waals surface area contributed by atoms with Crippen LogP contribution in [0.5, 0.6) is 0 Å². The van der Waals surface area contributed by atoms with Crippen molar-refractivity contribution < 1.29 is 13.2 Å². The Labute approximate surface area is 129 Å². The Hall–Kier alpha value is -0.520. The number of halogens is 6. The lowest BCUT2D eigenvalue weighted by Gasteiger charge is -2.15. The summed E-state index contributed by atoms with van der Waals surface area (Å²) < 4.78 is 40.6. The first-order chi connectivity index (χ1) is 8.91. The minimum Gasteiger partial charge on any atom is -0.207 e. The highest BCUT2D eigenvalue weighted by Crippen LogP contribution is 2.40. The van der Waals surface area contributed by atoms with Crippen LogP contribution < -0.4 is 0 Å². The van der Waals surface area contributed by atoms with Gasteiger partial charge < -0.3 is 0 Å². The van der Waals surface area contributed by atoms with Crippen LogP contribution in [-0.4, -0.2) is 0 Å². The molecular formula is C13H6Br2ClF3. The third kappa shape index (κ3) is 2.98. The molecule has 19 heavy (non-hydrogen) atoms. The molecule has 0 spiro atoms. The maximum Gasteiger partial charge on any atom is 0.160 e. The van der Waals surface area contributed by atoms with Gasteiger partial charge in [0.25, 0.3) is 0 Å². The fourth-order valence-corrected chi connectivity index (χ4v) is 3.75. The van der Waals surface area contributed by atoms with Crippen molar-refractivity contribution in [2.45, 2.75) is 4.83 Å². The number of rotatable bonds is 2. The van der Waals surface area contributed by atoms with Crippen LogP contribution in [0.15, 0.2) is 34.8 Å². The Morgan fingerprint density at radius 2 is 1.63 bits per heavy atom. The fourth-order valence-electron chi connectivity index (χ4n) is 1.64. The molecule has 0 bridgehead atoms. The Balaban J connectivity index is 2.56. The van der Waals surface area contributed by atoms with E-state index < -0.39 is 22.3 Å². The summed E-state index contributed by atoms with van der Waals surface area (Å²) in [5, 5.41) is 0.0240. The molecule has 1 unspecified atom stereocenters. The van der Waals surface area contributed by atoms with E-state index in [-0.39, 0.29) is 16.1 Å². The third-order valence-corrected chi connectivity index (χ3v) is 4.54. The lowest BCUT2D eigenvalue weighted by Crippen LogP contribution is -2.00. The highest BCUT2D eigenvalue weighted by Gasteiger charge is 2.22. The highest BCUT2D eigenvalue weighted by atomic mass is 79.9. The summed E-state index contributed by atoms with van der Waals surface area (Å²) in [5.41, 5.74) is 0.529. The van der Waals surface area contributed by atoms with E-state index in [0.29, 0.717) is 4.47 Å². The quantitative estimate of drug-likeness (QED) is 0.417. The van der Waals surface area contributed by atoms with Gasteiger partial charge in [0.15, 0.2) is 11.6 Å². The number of hydrogen-bond donors (Lipinski definition) is 0. The topological polar surface area (TPSA) is 0 Å². The minimum atomic E-state index is -1.04. The van der Waals surface area contributed by atoms with E-state index in [1.165, 1.54) is 12.1 Å². The third-order valence-electron chi connectivity index (χ3n) is 2.57. The maximum atomic E-state index is 13.8. The highest BCUT2D eigenvalue weighted by molar-refractivity contribution is 9.11. The van der Waals surface area contributed by atoms with Crippen molar-refractivity contribution in [1.82, 2.24) is 0 Å². The molecule has 0 nitrogen and oxygen atoms in total. The van der Waals surface area contributed by atoms with Gasteiger partial charge in [-0.3, -0.25) is 0 Å². The van der Waals surface area contributed by atoms with Gasteiger partial charge in [0.1, 0.15) is 5.82 Å². The van der Waals surface area contributed by atoms with Crippen LogP contribution in [0.1, 0.15) is 16.0 Å². The van der Waals surface area contributed by atoms with Crippen LogP contribution in [0.25, 0.3) is 0 Å². The fraction of sp³-hybridized carbons (Fsp3) is 0.0769. The maximum absolute atomic E-state index is 13.8. The summed E-state index contributed by atoms with van der Waals surface area (Å²) in [6.07, 6.45) is 0. The van der Waals surface area contributed by atoms with Crippen LogP contribution in [0.2, 0.25) is 5.02 Å². The summed E-state index contributed by atoms with van der Waals surface area (Å²) in [7, 11) is 0. The van der Waals surface area contributed by atoms with Crippen molar-refractivity contribution >= 4 is 43.5 Å². The van der Waals surface area contributed by atoms with Crippen molar-refractivity contribution in [3.05, 3.63) is 68.4 Å². The molecule has 0 aliphatic heterocycles. The van der Waals surface area contributed by atoms with Crippen molar-refractivity contribution in [2.24, 2.45) is 0 Å². The summed E-state index contributed by atoms with van der Waals surface area (Å²) in [4.78, 5) is -0.689. The van der Waals surface area contributed by atoms with Crippen LogP contribution >= 0.6 is 43.5 Å². The molecule has 100 valence electrons. The van der Waals surface area contributed by atoms with E-state index in [1.54, 1.807) is 6.07 Å². The molecule has 2 rings (SSSR count). The van der Waals surface area contributed by atoms with Crippen LogP contribution in [0.3, 0.4) is 0 Å². The van der Waals surface area contributed by atoms with Gasteiger partial charge in [-0.25, -0.2) is 13.2 Å². The molecule has 2 aromatic carbocycles. The van der Waals surface area contributed by atoms with Gasteiger partial charge in [0.2, 0.25) is 0 Å². The van der Waals surface area contributed by atoms with E-state index in [0.717, 1.165) is 12.1 Å². The molecule has 0 heterocycles. The van der Waals surface area contributed by atoms with Crippen LogP contribution in [-0.2, 0) is 0 Å². The molecule has 0 aliphatic carbocycles. The zero-order valence-corrected chi connectivity index (χ0v) is 13.2. The lowest BCUT2D eigenvalue weighted by atomic mass is 10.0.